The number of benzene rings is 1. The van der Waals surface area contributed by atoms with Crippen LogP contribution in [0.1, 0.15) is 18.0 Å². The van der Waals surface area contributed by atoms with Crippen molar-refractivity contribution in [2.24, 2.45) is 5.73 Å². The highest BCUT2D eigenvalue weighted by Gasteiger charge is 2.50. The number of phenolic OH excluding ortho intramolecular Hbond substituents is 2. The van der Waals surface area contributed by atoms with E-state index in [0.717, 1.165) is 4.90 Å². The molecule has 6 unspecified atom stereocenters. The van der Waals surface area contributed by atoms with E-state index in [1.54, 1.807) is 0 Å². The van der Waals surface area contributed by atoms with Gasteiger partial charge in [0.1, 0.15) is 23.6 Å². The van der Waals surface area contributed by atoms with Crippen molar-refractivity contribution in [2.45, 2.75) is 42.8 Å². The van der Waals surface area contributed by atoms with Crippen molar-refractivity contribution in [1.82, 2.24) is 10.2 Å². The van der Waals surface area contributed by atoms with Crippen molar-refractivity contribution >= 4 is 17.6 Å². The number of carbonyl (C=O) groups excluding carboxylic acids is 1. The van der Waals surface area contributed by atoms with E-state index < -0.39 is 48.3 Å². The molecule has 0 aromatic heterocycles. The Morgan fingerprint density at radius 3 is 2.30 bits per heavy atom. The zero-order valence-electron chi connectivity index (χ0n) is 14.2. The second-order valence-corrected chi connectivity index (χ2v) is 6.89. The molecule has 1 aromatic carbocycles. The van der Waals surface area contributed by atoms with Crippen LogP contribution in [-0.4, -0.2) is 79.2 Å². The number of likely N-dealkylation sites (tertiary alicyclic amines) is 1. The summed E-state index contributed by atoms with van der Waals surface area (Å²) in [6, 6.07) is -2.06. The van der Waals surface area contributed by atoms with Crippen LogP contribution in [0.4, 0.5) is 5.69 Å². The fourth-order valence-corrected chi connectivity index (χ4v) is 3.77. The smallest absolute Gasteiger partial charge is 0.328 e. The molecule has 148 valence electrons. The van der Waals surface area contributed by atoms with E-state index in [2.05, 4.69) is 5.32 Å². The number of carbonyl (C=O) groups is 2. The van der Waals surface area contributed by atoms with E-state index >= 15 is 0 Å². The fraction of sp³-hybridized carbons (Fsp3) is 0.500. The third-order valence-electron chi connectivity index (χ3n) is 5.08. The van der Waals surface area contributed by atoms with E-state index in [-0.39, 0.29) is 35.7 Å². The van der Waals surface area contributed by atoms with Crippen molar-refractivity contribution in [3.8, 4) is 11.5 Å². The van der Waals surface area contributed by atoms with Gasteiger partial charge in [-0.15, -0.1) is 0 Å². The summed E-state index contributed by atoms with van der Waals surface area (Å²) in [5.74, 6) is -2.69. The number of nitrogens with zero attached hydrogens (tertiary/aromatic N) is 1. The molecule has 2 heterocycles. The first-order chi connectivity index (χ1) is 12.6. The molecule has 1 amide bonds. The number of amides is 1. The van der Waals surface area contributed by atoms with E-state index in [1.807, 2.05) is 0 Å². The lowest BCUT2D eigenvalue weighted by Crippen LogP contribution is -2.54. The van der Waals surface area contributed by atoms with Crippen LogP contribution >= 0.6 is 0 Å². The lowest BCUT2D eigenvalue weighted by Gasteiger charge is -2.27. The van der Waals surface area contributed by atoms with E-state index in [0.29, 0.717) is 0 Å². The molecule has 11 heteroatoms. The first kappa shape index (κ1) is 19.2. The number of aliphatic hydroxyl groups is 2. The van der Waals surface area contributed by atoms with Gasteiger partial charge in [0.25, 0.3) is 0 Å². The first-order valence-corrected chi connectivity index (χ1v) is 8.34. The zero-order valence-corrected chi connectivity index (χ0v) is 14.2. The number of anilines is 1. The minimum Gasteiger partial charge on any atom is -0.507 e. The maximum Gasteiger partial charge on any atom is 0.328 e. The second-order valence-electron chi connectivity index (χ2n) is 6.89. The highest BCUT2D eigenvalue weighted by atomic mass is 16.4. The predicted molar refractivity (Wildman–Crippen MR) is 91.6 cm³/mol. The summed E-state index contributed by atoms with van der Waals surface area (Å²) >= 11 is 0. The van der Waals surface area contributed by atoms with Gasteiger partial charge in [0.2, 0.25) is 5.91 Å². The Labute approximate surface area is 153 Å². The molecule has 0 saturated carbocycles. The van der Waals surface area contributed by atoms with Gasteiger partial charge in [0.05, 0.1) is 23.8 Å². The summed E-state index contributed by atoms with van der Waals surface area (Å²) in [6.45, 7) is -0.273. The average molecular weight is 382 g/mol. The number of β-amino-alcohol motifs (C(OH)–C–C–N with tert-alkyl or cyclic N) is 1. The molecule has 0 spiro atoms. The number of phenols is 2. The standard InChI is InChI=1S/C16H22N4O7/c17-5-1-7(21)11(8(22)2-5)6-3-9(23)13(19-6)15(25)20-4-10(24)12(18)14(20)16(26)27/h1-2,6,9-10,12-14,19,21-24H,3-4,17-18H2,(H,26,27). The molecular weight excluding hydrogens is 360 g/mol. The van der Waals surface area contributed by atoms with Gasteiger partial charge in [-0.05, 0) is 6.42 Å². The second kappa shape index (κ2) is 6.85. The molecule has 0 bridgehead atoms. The van der Waals surface area contributed by atoms with Gasteiger partial charge >= 0.3 is 5.97 Å². The average Bonchev–Trinajstić information content (AvgIpc) is 3.06. The molecule has 10 N–H and O–H groups in total. The Kier molecular flexibility index (Phi) is 4.86. The summed E-state index contributed by atoms with van der Waals surface area (Å²) < 4.78 is 0. The number of hydrogen-bond acceptors (Lipinski definition) is 9. The van der Waals surface area contributed by atoms with Crippen LogP contribution in [0.15, 0.2) is 12.1 Å². The fourth-order valence-electron chi connectivity index (χ4n) is 3.77. The van der Waals surface area contributed by atoms with Crippen LogP contribution in [0.2, 0.25) is 0 Å². The Morgan fingerprint density at radius 2 is 1.74 bits per heavy atom. The third-order valence-corrected chi connectivity index (χ3v) is 5.08. The summed E-state index contributed by atoms with van der Waals surface area (Å²) in [6.07, 6.45) is -2.42. The maximum absolute atomic E-state index is 12.8. The number of carboxylic acid groups (broad SMARTS) is 1. The molecule has 2 aliphatic rings. The summed E-state index contributed by atoms with van der Waals surface area (Å²) in [5.41, 5.74) is 11.4. The summed E-state index contributed by atoms with van der Waals surface area (Å²) in [5, 5.41) is 52.4. The number of aliphatic hydroxyl groups excluding tert-OH is 2. The molecule has 11 nitrogen and oxygen atoms in total. The normalized spacial score (nSPS) is 33.4. The maximum atomic E-state index is 12.8. The van der Waals surface area contributed by atoms with Gasteiger partial charge in [0.15, 0.2) is 0 Å². The van der Waals surface area contributed by atoms with Gasteiger partial charge in [-0.25, -0.2) is 4.79 Å². The van der Waals surface area contributed by atoms with Gasteiger partial charge in [-0.1, -0.05) is 0 Å². The molecular formula is C16H22N4O7. The van der Waals surface area contributed by atoms with Crippen molar-refractivity contribution in [3.63, 3.8) is 0 Å². The van der Waals surface area contributed by atoms with Crippen molar-refractivity contribution in [3.05, 3.63) is 17.7 Å². The van der Waals surface area contributed by atoms with Crippen LogP contribution in [0.25, 0.3) is 0 Å². The van der Waals surface area contributed by atoms with Gasteiger partial charge < -0.3 is 41.9 Å². The number of hydrogen-bond donors (Lipinski definition) is 8. The Bertz CT molecular complexity index is 750. The molecule has 2 saturated heterocycles. The van der Waals surface area contributed by atoms with Gasteiger partial charge in [0, 0.05) is 30.4 Å². The number of carboxylic acids is 1. The number of nitrogens with two attached hydrogens (primary N) is 2. The van der Waals surface area contributed by atoms with Crippen LogP contribution < -0.4 is 16.8 Å². The molecule has 1 aromatic rings. The molecule has 2 fully saturated rings. The largest absolute Gasteiger partial charge is 0.507 e. The number of nitrogens with one attached hydrogen (secondary N) is 1. The highest BCUT2D eigenvalue weighted by molar-refractivity contribution is 5.89. The van der Waals surface area contributed by atoms with Crippen LogP contribution in [-0.2, 0) is 9.59 Å². The third kappa shape index (κ3) is 3.25. The summed E-state index contributed by atoms with van der Waals surface area (Å²) in [4.78, 5) is 25.1. The molecule has 2 aliphatic heterocycles. The minimum atomic E-state index is -1.42. The zero-order chi connectivity index (χ0) is 20.0. The molecule has 0 aliphatic carbocycles. The molecule has 27 heavy (non-hydrogen) atoms. The van der Waals surface area contributed by atoms with E-state index in [9.17, 15) is 35.1 Å². The molecule has 3 rings (SSSR count). The Balaban J connectivity index is 1.83. The van der Waals surface area contributed by atoms with E-state index in [4.69, 9.17) is 11.5 Å². The van der Waals surface area contributed by atoms with Crippen molar-refractivity contribution in [2.75, 3.05) is 12.3 Å². The SMILES string of the molecule is Nc1cc(O)c(C2CC(O)C(C(=O)N3CC(O)C(N)C3C(=O)O)N2)c(O)c1. The lowest BCUT2D eigenvalue weighted by atomic mass is 10.0. The lowest BCUT2D eigenvalue weighted by molar-refractivity contribution is -0.150. The van der Waals surface area contributed by atoms with E-state index in [1.165, 1.54) is 12.1 Å². The number of aliphatic carboxylic acids is 1. The predicted octanol–water partition coefficient (Wildman–Crippen LogP) is -2.57. The molecule has 6 atom stereocenters. The summed E-state index contributed by atoms with van der Waals surface area (Å²) in [7, 11) is 0. The topological polar surface area (TPSA) is 203 Å². The van der Waals surface area contributed by atoms with Crippen LogP contribution in [0.3, 0.4) is 0 Å². The number of rotatable bonds is 3. The number of nitrogen functional groups attached to an aromatic ring is 1. The first-order valence-electron chi connectivity index (χ1n) is 8.34. The monoisotopic (exact) mass is 382 g/mol. The van der Waals surface area contributed by atoms with Crippen LogP contribution in [0.5, 0.6) is 11.5 Å². The Morgan fingerprint density at radius 1 is 1.15 bits per heavy atom. The van der Waals surface area contributed by atoms with Crippen molar-refractivity contribution in [1.29, 1.82) is 0 Å². The van der Waals surface area contributed by atoms with Gasteiger partial charge in [-0.3, -0.25) is 10.1 Å². The quantitative estimate of drug-likeness (QED) is 0.257. The minimum absolute atomic E-state index is 0.0123. The molecule has 0 radical (unpaired) electrons. The van der Waals surface area contributed by atoms with Crippen molar-refractivity contribution < 1.29 is 35.1 Å². The number of aromatic hydroxyl groups is 2. The van der Waals surface area contributed by atoms with Crippen LogP contribution in [0, 0.1) is 0 Å². The Hall–Kier alpha value is -2.60. The highest BCUT2D eigenvalue weighted by Crippen LogP contribution is 2.40. The van der Waals surface area contributed by atoms with Gasteiger partial charge in [-0.2, -0.15) is 0 Å².